The number of benzene rings is 6. The predicted molar refractivity (Wildman–Crippen MR) is 380 cm³/mol. The van der Waals surface area contributed by atoms with Gasteiger partial charge in [-0.15, -0.1) is 0 Å². The summed E-state index contributed by atoms with van der Waals surface area (Å²) < 4.78 is 43.3. The first-order chi connectivity index (χ1) is 44.9. The number of hydrogen-bond acceptors (Lipinski definition) is 16. The van der Waals surface area contributed by atoms with Gasteiger partial charge in [-0.1, -0.05) is 70.9 Å². The van der Waals surface area contributed by atoms with Crippen LogP contribution in [0.1, 0.15) is 94.3 Å². The molecule has 0 bridgehead atoms. The molecule has 10 N–H and O–H groups in total. The molecule has 0 saturated heterocycles. The number of carboxylic acids is 1. The lowest BCUT2D eigenvalue weighted by molar-refractivity contribution is -0.131. The van der Waals surface area contributed by atoms with Crippen LogP contribution in [0.2, 0.25) is 0 Å². The summed E-state index contributed by atoms with van der Waals surface area (Å²) in [6.07, 6.45) is 19.7. The number of para-hydroxylation sites is 4. The number of methoxy groups -OCH3 is 7. The van der Waals surface area contributed by atoms with E-state index in [0.29, 0.717) is 76.8 Å². The van der Waals surface area contributed by atoms with E-state index in [9.17, 15) is 19.2 Å². The Morgan fingerprint density at radius 3 is 1.13 bits per heavy atom. The molecule has 94 heavy (non-hydrogen) atoms. The molecule has 6 aromatic carbocycles. The van der Waals surface area contributed by atoms with E-state index in [2.05, 4.69) is 29.6 Å². The van der Waals surface area contributed by atoms with Crippen LogP contribution < -0.4 is 66.8 Å². The summed E-state index contributed by atoms with van der Waals surface area (Å²) in [6, 6.07) is 32.3. The number of aliphatic carboxylic acids is 1. The minimum atomic E-state index is -0.992. The molecule has 0 unspecified atom stereocenters. The lowest BCUT2D eigenvalue weighted by Crippen LogP contribution is -2.14. The van der Waals surface area contributed by atoms with Crippen LogP contribution in [0.4, 0.5) is 22.7 Å². The minimum absolute atomic E-state index is 0.267. The number of nitrogen functional groups attached to an aromatic ring is 3. The zero-order chi connectivity index (χ0) is 69.9. The van der Waals surface area contributed by atoms with Crippen molar-refractivity contribution in [3.63, 3.8) is 0 Å². The van der Waals surface area contributed by atoms with Crippen molar-refractivity contribution in [1.82, 2.24) is 5.48 Å². The predicted octanol–water partition coefficient (Wildman–Crippen LogP) is 14.6. The molecule has 19 nitrogen and oxygen atoms in total. The van der Waals surface area contributed by atoms with E-state index in [1.54, 1.807) is 110 Å². The van der Waals surface area contributed by atoms with Crippen molar-refractivity contribution in [2.75, 3.05) is 72.3 Å². The van der Waals surface area contributed by atoms with Gasteiger partial charge in [0.1, 0.15) is 45.8 Å². The summed E-state index contributed by atoms with van der Waals surface area (Å²) in [7, 11) is 11.2. The SMILES string of the molecule is COc1ccc(/C=C\C(=O)NO)c(OC)c1CC=C(C)C.COc1ccc(/C=C\C(=O)Nc2ccccc2N)c(OC)c1CC=C(C)C.COc1ccc(/C=C\C(=O)O)c(OC)c1CC=C(C)C.COc1ccc2ccc(=O)oc2c1CC=C(C)C.Nc1ccccc1N. The van der Waals surface area contributed by atoms with Crippen LogP contribution in [0.15, 0.2) is 183 Å². The van der Waals surface area contributed by atoms with Gasteiger partial charge in [-0.05, 0) is 178 Å². The smallest absolute Gasteiger partial charge is 0.336 e. The molecule has 7 aromatic rings. The number of nitrogens with two attached hydrogens (primary N) is 3. The van der Waals surface area contributed by atoms with Crippen LogP contribution >= 0.6 is 0 Å². The third-order valence-corrected chi connectivity index (χ3v) is 13.5. The van der Waals surface area contributed by atoms with Crippen molar-refractivity contribution in [3.8, 4) is 40.2 Å². The maximum atomic E-state index is 12.2. The quantitative estimate of drug-likeness (QED) is 0.00829. The number of anilines is 4. The van der Waals surface area contributed by atoms with E-state index in [1.807, 2.05) is 116 Å². The Hall–Kier alpha value is -10.9. The monoisotopic (exact) mass is 1290 g/mol. The van der Waals surface area contributed by atoms with Crippen LogP contribution in [0.5, 0.6) is 40.2 Å². The second-order valence-electron chi connectivity index (χ2n) is 21.5. The molecule has 19 heteroatoms. The van der Waals surface area contributed by atoms with Gasteiger partial charge >= 0.3 is 11.6 Å². The molecule has 2 amide bonds. The number of carbonyl (C=O) groups excluding carboxylic acids is 2. The van der Waals surface area contributed by atoms with Crippen molar-refractivity contribution >= 4 is 69.7 Å². The van der Waals surface area contributed by atoms with E-state index in [4.69, 9.17) is 65.1 Å². The summed E-state index contributed by atoms with van der Waals surface area (Å²) >= 11 is 0. The fraction of sp³-hybridized carbons (Fsp3) is 0.253. The zero-order valence-electron chi connectivity index (χ0n) is 56.5. The highest BCUT2D eigenvalue weighted by Crippen LogP contribution is 2.37. The lowest BCUT2D eigenvalue weighted by atomic mass is 10.0. The third-order valence-electron chi connectivity index (χ3n) is 13.5. The van der Waals surface area contributed by atoms with Crippen LogP contribution in [0.3, 0.4) is 0 Å². The summed E-state index contributed by atoms with van der Waals surface area (Å²) in [6.45, 7) is 16.2. The van der Waals surface area contributed by atoms with Gasteiger partial charge < -0.3 is 65.2 Å². The Bertz CT molecular complexity index is 3910. The van der Waals surface area contributed by atoms with Crippen LogP contribution in [-0.2, 0) is 40.1 Å². The maximum absolute atomic E-state index is 12.2. The highest BCUT2D eigenvalue weighted by Gasteiger charge is 2.17. The molecule has 0 atom stereocenters. The van der Waals surface area contributed by atoms with Gasteiger partial charge in [0.25, 0.3) is 5.91 Å². The summed E-state index contributed by atoms with van der Waals surface area (Å²) in [5.74, 6) is 3.07. The molecular formula is C75H91N5O14. The molecular weight excluding hydrogens is 1190 g/mol. The zero-order valence-corrected chi connectivity index (χ0v) is 56.5. The van der Waals surface area contributed by atoms with Crippen LogP contribution in [0.25, 0.3) is 29.2 Å². The number of amides is 2. The number of rotatable bonds is 22. The van der Waals surface area contributed by atoms with E-state index in [0.717, 1.165) is 67.8 Å². The molecule has 1 aromatic heterocycles. The van der Waals surface area contributed by atoms with Gasteiger partial charge in [-0.3, -0.25) is 14.8 Å². The highest BCUT2D eigenvalue weighted by atomic mass is 16.5. The number of nitrogens with one attached hydrogen (secondary N) is 2. The molecule has 0 aliphatic rings. The lowest BCUT2D eigenvalue weighted by Gasteiger charge is -2.15. The second kappa shape index (κ2) is 40.7. The van der Waals surface area contributed by atoms with Crippen molar-refractivity contribution in [3.05, 3.63) is 223 Å². The Morgan fingerprint density at radius 1 is 0.436 bits per heavy atom. The number of fused-ring (bicyclic) bond motifs is 1. The first kappa shape index (κ1) is 77.3. The molecule has 7 rings (SSSR count). The Labute approximate surface area is 552 Å². The van der Waals surface area contributed by atoms with Crippen molar-refractivity contribution < 1.29 is 62.3 Å². The Morgan fingerprint density at radius 2 is 0.777 bits per heavy atom. The molecule has 0 spiro atoms. The van der Waals surface area contributed by atoms with E-state index in [1.165, 1.54) is 46.6 Å². The topological polar surface area (TPSA) is 289 Å². The van der Waals surface area contributed by atoms with Crippen molar-refractivity contribution in [2.45, 2.75) is 81.1 Å². The second-order valence-corrected chi connectivity index (χ2v) is 21.5. The molecule has 0 aliphatic carbocycles. The summed E-state index contributed by atoms with van der Waals surface area (Å²) in [4.78, 5) is 45.3. The first-order valence-electron chi connectivity index (χ1n) is 29.7. The third kappa shape index (κ3) is 25.4. The molecule has 500 valence electrons. The molecule has 0 saturated carbocycles. The first-order valence-corrected chi connectivity index (χ1v) is 29.7. The van der Waals surface area contributed by atoms with Gasteiger partial charge in [-0.25, -0.2) is 15.1 Å². The van der Waals surface area contributed by atoms with Gasteiger partial charge in [-0.2, -0.15) is 0 Å². The molecule has 1 heterocycles. The number of carboxylic acid groups (broad SMARTS) is 1. The van der Waals surface area contributed by atoms with E-state index >= 15 is 0 Å². The number of carbonyl (C=O) groups is 3. The number of ether oxygens (including phenoxy) is 7. The van der Waals surface area contributed by atoms with E-state index < -0.39 is 11.9 Å². The summed E-state index contributed by atoms with van der Waals surface area (Å²) in [5, 5.41) is 20.9. The van der Waals surface area contributed by atoms with Gasteiger partial charge in [0.2, 0.25) is 5.91 Å². The summed E-state index contributed by atoms with van der Waals surface area (Å²) in [5.41, 5.74) is 31.6. The molecule has 0 fully saturated rings. The van der Waals surface area contributed by atoms with Crippen LogP contribution in [-0.4, -0.2) is 77.9 Å². The molecule has 0 aliphatic heterocycles. The Balaban J connectivity index is 0.000000317. The van der Waals surface area contributed by atoms with Gasteiger partial charge in [0.05, 0.1) is 72.5 Å². The number of hydroxylamine groups is 1. The largest absolute Gasteiger partial charge is 0.496 e. The van der Waals surface area contributed by atoms with Crippen LogP contribution in [0, 0.1) is 0 Å². The fourth-order valence-corrected chi connectivity index (χ4v) is 8.76. The number of hydrogen-bond donors (Lipinski definition) is 7. The number of allylic oxidation sites excluding steroid dienone is 8. The van der Waals surface area contributed by atoms with Gasteiger partial charge in [0, 0.05) is 68.6 Å². The Kier molecular flexibility index (Phi) is 33.5. The minimum Gasteiger partial charge on any atom is -0.496 e. The standard InChI is InChI=1S/C22H26N2O3.C16H21NO4.C16H20O4.C15H16O3.C6H8N2/c1-15(2)9-12-17-20(26-3)13-10-16(22(17)27-4)11-14-21(25)24-19-8-6-5-7-18(19)23;1-11(2)5-8-13-14(20-3)9-6-12(16(13)21-4)7-10-15(18)17-19;1-11(2)5-8-13-14(19-3)9-6-12(16(13)20-4)7-10-15(17)18;1-10(2)4-7-12-13(17-3)8-5-11-6-9-14(16)18-15(11)12;7-5-3-1-2-4-6(5)8/h5-11,13-14H,12,23H2,1-4H3,(H,24,25);5-7,9-10,19H,8H2,1-4H3,(H,17,18);5-7,9-10H,8H2,1-4H3,(H,17,18);4-6,8-9H,7H2,1-3H3;1-4H,7-8H2/b14-11-;2*10-7-;;. The highest BCUT2D eigenvalue weighted by molar-refractivity contribution is 6.03. The van der Waals surface area contributed by atoms with E-state index in [-0.39, 0.29) is 11.5 Å². The fourth-order valence-electron chi connectivity index (χ4n) is 8.76. The van der Waals surface area contributed by atoms with Crippen molar-refractivity contribution in [1.29, 1.82) is 0 Å². The molecule has 0 radical (unpaired) electrons. The van der Waals surface area contributed by atoms with Gasteiger partial charge in [0.15, 0.2) is 0 Å². The van der Waals surface area contributed by atoms with Crippen molar-refractivity contribution in [2.24, 2.45) is 0 Å². The average Bonchev–Trinajstić information content (AvgIpc) is 0.835. The maximum Gasteiger partial charge on any atom is 0.336 e. The normalized spacial score (nSPS) is 10.3. The average molecular weight is 1290 g/mol.